The van der Waals surface area contributed by atoms with E-state index in [0.717, 1.165) is 23.1 Å². The van der Waals surface area contributed by atoms with Gasteiger partial charge in [0, 0.05) is 5.41 Å². The second-order valence-corrected chi connectivity index (χ2v) is 7.31. The molecule has 0 radical (unpaired) electrons. The van der Waals surface area contributed by atoms with E-state index < -0.39 is 0 Å². The van der Waals surface area contributed by atoms with Crippen LogP contribution in [0.25, 0.3) is 0 Å². The Hall–Kier alpha value is -3.60. The summed E-state index contributed by atoms with van der Waals surface area (Å²) in [7, 11) is 3.17. The van der Waals surface area contributed by atoms with Crippen LogP contribution in [0.5, 0.6) is 11.5 Å². The molecule has 1 amide bonds. The predicted octanol–water partition coefficient (Wildman–Crippen LogP) is 4.16. The molecule has 3 aromatic rings. The van der Waals surface area contributed by atoms with Crippen molar-refractivity contribution in [2.75, 3.05) is 14.2 Å². The van der Waals surface area contributed by atoms with Gasteiger partial charge in [-0.05, 0) is 41.3 Å². The Morgan fingerprint density at radius 1 is 0.933 bits per heavy atom. The van der Waals surface area contributed by atoms with Crippen molar-refractivity contribution >= 4 is 12.1 Å². The van der Waals surface area contributed by atoms with E-state index >= 15 is 0 Å². The number of nitrogens with zero attached hydrogens (tertiary/aromatic N) is 1. The number of ether oxygens (including phenoxy) is 2. The molecular weight excluding hydrogens is 376 g/mol. The summed E-state index contributed by atoms with van der Waals surface area (Å²) in [6, 6.07) is 25.9. The predicted molar refractivity (Wildman–Crippen MR) is 117 cm³/mol. The average molecular weight is 400 g/mol. The van der Waals surface area contributed by atoms with E-state index in [2.05, 4.69) is 34.8 Å². The summed E-state index contributed by atoms with van der Waals surface area (Å²) in [4.78, 5) is 12.9. The van der Waals surface area contributed by atoms with Gasteiger partial charge in [0.25, 0.3) is 0 Å². The van der Waals surface area contributed by atoms with Gasteiger partial charge in [-0.3, -0.25) is 4.79 Å². The van der Waals surface area contributed by atoms with Crippen LogP contribution in [0.3, 0.4) is 0 Å². The van der Waals surface area contributed by atoms with Crippen LogP contribution < -0.4 is 14.9 Å². The van der Waals surface area contributed by atoms with Crippen LogP contribution in [0.1, 0.15) is 23.1 Å². The van der Waals surface area contributed by atoms with E-state index in [9.17, 15) is 4.79 Å². The largest absolute Gasteiger partial charge is 0.493 e. The zero-order chi connectivity index (χ0) is 21.0. The van der Waals surface area contributed by atoms with Crippen LogP contribution in [0.2, 0.25) is 0 Å². The summed E-state index contributed by atoms with van der Waals surface area (Å²) in [5.74, 6) is 1.01. The number of hydrogen-bond donors (Lipinski definition) is 1. The van der Waals surface area contributed by atoms with Gasteiger partial charge in [0.2, 0.25) is 5.91 Å². The highest BCUT2D eigenvalue weighted by molar-refractivity contribution is 5.88. The first-order valence-corrected chi connectivity index (χ1v) is 9.85. The minimum atomic E-state index is -0.300. The molecule has 0 saturated heterocycles. The molecule has 30 heavy (non-hydrogen) atoms. The molecule has 1 N–H and O–H groups in total. The zero-order valence-electron chi connectivity index (χ0n) is 17.0. The van der Waals surface area contributed by atoms with Crippen LogP contribution in [0.4, 0.5) is 0 Å². The van der Waals surface area contributed by atoms with Gasteiger partial charge in [-0.15, -0.1) is 0 Å². The minimum Gasteiger partial charge on any atom is -0.493 e. The third kappa shape index (κ3) is 3.66. The third-order valence-electron chi connectivity index (χ3n) is 5.65. The first kappa shape index (κ1) is 19.7. The number of benzene rings is 3. The molecule has 4 rings (SSSR count). The van der Waals surface area contributed by atoms with Crippen molar-refractivity contribution in [2.24, 2.45) is 11.0 Å². The highest BCUT2D eigenvalue weighted by Crippen LogP contribution is 2.58. The van der Waals surface area contributed by atoms with Crippen molar-refractivity contribution in [1.29, 1.82) is 0 Å². The van der Waals surface area contributed by atoms with Crippen molar-refractivity contribution in [3.05, 3.63) is 95.6 Å². The molecule has 1 saturated carbocycles. The standard InChI is InChI=1S/C25H24N2O3/c1-29-22-14-13-18(15-23(22)30-2)17-26-27-24(28)21-16-25(21,19-9-5-3-6-10-19)20-11-7-4-8-12-20/h3-15,17,21H,16H2,1-2H3,(H,27,28)/b26-17-/t21-/m1/s1. The molecule has 152 valence electrons. The van der Waals surface area contributed by atoms with Crippen molar-refractivity contribution in [1.82, 2.24) is 5.43 Å². The normalized spacial score (nSPS) is 16.8. The Bertz CT molecular complexity index is 1010. The lowest BCUT2D eigenvalue weighted by Crippen LogP contribution is -2.25. The third-order valence-corrected chi connectivity index (χ3v) is 5.65. The van der Waals surface area contributed by atoms with E-state index in [4.69, 9.17) is 9.47 Å². The van der Waals surface area contributed by atoms with E-state index in [-0.39, 0.29) is 17.2 Å². The van der Waals surface area contributed by atoms with Gasteiger partial charge in [0.05, 0.1) is 26.4 Å². The second kappa shape index (κ2) is 8.41. The van der Waals surface area contributed by atoms with Crippen molar-refractivity contribution in [2.45, 2.75) is 11.8 Å². The number of amides is 1. The Labute approximate surface area is 176 Å². The molecule has 0 bridgehead atoms. The van der Waals surface area contributed by atoms with Crippen LogP contribution in [-0.4, -0.2) is 26.3 Å². The van der Waals surface area contributed by atoms with Crippen LogP contribution >= 0.6 is 0 Å². The highest BCUT2D eigenvalue weighted by Gasteiger charge is 2.60. The molecule has 1 fully saturated rings. The number of hydrogen-bond acceptors (Lipinski definition) is 4. The van der Waals surface area contributed by atoms with E-state index in [1.807, 2.05) is 48.5 Å². The topological polar surface area (TPSA) is 59.9 Å². The Morgan fingerprint density at radius 2 is 1.53 bits per heavy atom. The molecule has 5 heteroatoms. The minimum absolute atomic E-state index is 0.0839. The quantitative estimate of drug-likeness (QED) is 0.479. The maximum absolute atomic E-state index is 12.9. The number of hydrazone groups is 1. The van der Waals surface area contributed by atoms with Crippen molar-refractivity contribution in [3.63, 3.8) is 0 Å². The number of nitrogens with one attached hydrogen (secondary N) is 1. The number of carbonyl (C=O) groups is 1. The first-order chi connectivity index (χ1) is 14.7. The summed E-state index contributed by atoms with van der Waals surface area (Å²) in [6.07, 6.45) is 2.37. The Kier molecular flexibility index (Phi) is 5.53. The molecule has 5 nitrogen and oxygen atoms in total. The Balaban J connectivity index is 1.51. The fraction of sp³-hybridized carbons (Fsp3) is 0.200. The summed E-state index contributed by atoms with van der Waals surface area (Å²) in [5, 5.41) is 4.17. The fourth-order valence-corrected chi connectivity index (χ4v) is 4.04. The lowest BCUT2D eigenvalue weighted by molar-refractivity contribution is -0.122. The summed E-state index contributed by atoms with van der Waals surface area (Å²) in [5.41, 5.74) is 5.52. The monoisotopic (exact) mass is 400 g/mol. The molecular formula is C25H24N2O3. The van der Waals surface area contributed by atoms with Gasteiger partial charge in [-0.25, -0.2) is 5.43 Å². The maximum Gasteiger partial charge on any atom is 0.244 e. The molecule has 0 spiro atoms. The van der Waals surface area contributed by atoms with Gasteiger partial charge < -0.3 is 9.47 Å². The van der Waals surface area contributed by atoms with Gasteiger partial charge >= 0.3 is 0 Å². The molecule has 3 aromatic carbocycles. The molecule has 0 unspecified atom stereocenters. The van der Waals surface area contributed by atoms with Gasteiger partial charge in [-0.2, -0.15) is 5.10 Å². The highest BCUT2D eigenvalue weighted by atomic mass is 16.5. The number of rotatable bonds is 7. The molecule has 1 aliphatic rings. The van der Waals surface area contributed by atoms with E-state index in [0.29, 0.717) is 11.5 Å². The summed E-state index contributed by atoms with van der Waals surface area (Å²) in [6.45, 7) is 0. The van der Waals surface area contributed by atoms with Gasteiger partial charge in [0.1, 0.15) is 0 Å². The molecule has 0 aromatic heterocycles. The van der Waals surface area contributed by atoms with Gasteiger partial charge in [-0.1, -0.05) is 60.7 Å². The Morgan fingerprint density at radius 3 is 2.10 bits per heavy atom. The second-order valence-electron chi connectivity index (χ2n) is 7.31. The van der Waals surface area contributed by atoms with E-state index in [1.165, 1.54) is 0 Å². The van der Waals surface area contributed by atoms with Crippen molar-refractivity contribution in [3.8, 4) is 11.5 Å². The first-order valence-electron chi connectivity index (χ1n) is 9.85. The smallest absolute Gasteiger partial charge is 0.244 e. The SMILES string of the molecule is COc1ccc(/C=N\NC(=O)[C@H]2CC2(c2ccccc2)c2ccccc2)cc1OC. The van der Waals surface area contributed by atoms with Crippen LogP contribution in [-0.2, 0) is 10.2 Å². The number of methoxy groups -OCH3 is 2. The van der Waals surface area contributed by atoms with Crippen LogP contribution in [0, 0.1) is 5.92 Å². The molecule has 1 atom stereocenters. The molecule has 0 aliphatic heterocycles. The fourth-order valence-electron chi connectivity index (χ4n) is 4.04. The summed E-state index contributed by atoms with van der Waals surface area (Å²) >= 11 is 0. The molecule has 0 heterocycles. The van der Waals surface area contributed by atoms with E-state index in [1.54, 1.807) is 26.5 Å². The van der Waals surface area contributed by atoms with Crippen LogP contribution in [0.15, 0.2) is 84.0 Å². The lowest BCUT2D eigenvalue weighted by Gasteiger charge is -2.18. The zero-order valence-corrected chi connectivity index (χ0v) is 17.0. The average Bonchev–Trinajstić information content (AvgIpc) is 3.57. The lowest BCUT2D eigenvalue weighted by atomic mass is 9.85. The summed E-state index contributed by atoms with van der Waals surface area (Å²) < 4.78 is 10.5. The van der Waals surface area contributed by atoms with Gasteiger partial charge in [0.15, 0.2) is 11.5 Å². The number of carbonyl (C=O) groups excluding carboxylic acids is 1. The molecule has 1 aliphatic carbocycles. The van der Waals surface area contributed by atoms with Crippen molar-refractivity contribution < 1.29 is 14.3 Å². The maximum atomic E-state index is 12.9.